The zero-order chi connectivity index (χ0) is 27.3. The lowest BCUT2D eigenvalue weighted by molar-refractivity contribution is -0.121. The second kappa shape index (κ2) is 11.8. The number of aryl methyl sites for hydroxylation is 1. The van der Waals surface area contributed by atoms with E-state index in [1.165, 1.54) is 0 Å². The third kappa shape index (κ3) is 7.59. The first kappa shape index (κ1) is 28.3. The number of nitrogens with one attached hydrogen (secondary N) is 2. The molecule has 0 aliphatic carbocycles. The summed E-state index contributed by atoms with van der Waals surface area (Å²) < 4.78 is 7.71. The summed E-state index contributed by atoms with van der Waals surface area (Å²) in [6, 6.07) is 12.6. The molecule has 1 atom stereocenters. The second-order valence-electron chi connectivity index (χ2n) is 10.6. The molecule has 3 aromatic rings. The summed E-state index contributed by atoms with van der Waals surface area (Å²) in [7, 11) is 3.59. The molecule has 2 N–H and O–H groups in total. The van der Waals surface area contributed by atoms with E-state index in [1.54, 1.807) is 25.2 Å². The number of imidazole rings is 1. The molecule has 0 aliphatic rings. The van der Waals surface area contributed by atoms with Gasteiger partial charge in [-0.15, -0.1) is 0 Å². The number of carbonyl (C=O) groups is 2. The van der Waals surface area contributed by atoms with Gasteiger partial charge in [-0.05, 0) is 44.0 Å². The largest absolute Gasteiger partial charge is 0.489 e. The maximum Gasteiger partial charge on any atom is 0.251 e. The maximum absolute atomic E-state index is 13.0. The van der Waals surface area contributed by atoms with Gasteiger partial charge in [0.2, 0.25) is 5.91 Å². The lowest BCUT2D eigenvalue weighted by atomic mass is 9.96. The molecule has 0 spiro atoms. The molecular formula is C29H37ClN4O3. The highest BCUT2D eigenvalue weighted by atomic mass is 35.5. The third-order valence-corrected chi connectivity index (χ3v) is 6.18. The third-order valence-electron chi connectivity index (χ3n) is 5.88. The highest BCUT2D eigenvalue weighted by molar-refractivity contribution is 6.32. The van der Waals surface area contributed by atoms with Crippen LogP contribution in [0, 0.1) is 0 Å². The van der Waals surface area contributed by atoms with Gasteiger partial charge >= 0.3 is 0 Å². The fourth-order valence-electron chi connectivity index (χ4n) is 4.16. The van der Waals surface area contributed by atoms with Crippen molar-refractivity contribution >= 4 is 23.4 Å². The molecule has 0 bridgehead atoms. The molecule has 8 heteroatoms. The Labute approximate surface area is 224 Å². The van der Waals surface area contributed by atoms with Gasteiger partial charge in [-0.25, -0.2) is 4.98 Å². The van der Waals surface area contributed by atoms with Gasteiger partial charge < -0.3 is 19.9 Å². The first-order chi connectivity index (χ1) is 17.4. The van der Waals surface area contributed by atoms with Crippen molar-refractivity contribution in [2.24, 2.45) is 7.05 Å². The van der Waals surface area contributed by atoms with Crippen molar-refractivity contribution in [1.29, 1.82) is 0 Å². The van der Waals surface area contributed by atoms with Gasteiger partial charge in [0.15, 0.2) is 0 Å². The van der Waals surface area contributed by atoms with Gasteiger partial charge in [0, 0.05) is 49.3 Å². The van der Waals surface area contributed by atoms with Crippen molar-refractivity contribution in [3.8, 4) is 17.0 Å². The molecule has 0 unspecified atom stereocenters. The van der Waals surface area contributed by atoms with Crippen LogP contribution in [-0.2, 0) is 23.7 Å². The minimum Gasteiger partial charge on any atom is -0.489 e. The van der Waals surface area contributed by atoms with Crippen molar-refractivity contribution in [2.75, 3.05) is 7.05 Å². The molecule has 37 heavy (non-hydrogen) atoms. The van der Waals surface area contributed by atoms with Crippen LogP contribution < -0.4 is 15.4 Å². The summed E-state index contributed by atoms with van der Waals surface area (Å²) in [5.74, 6) is 1.09. The molecule has 3 rings (SSSR count). The average Bonchev–Trinajstić information content (AvgIpc) is 3.22. The molecule has 0 saturated heterocycles. The quantitative estimate of drug-likeness (QED) is 0.397. The highest BCUT2D eigenvalue weighted by Crippen LogP contribution is 2.27. The fraction of sp³-hybridized carbons (Fsp3) is 0.414. The first-order valence-corrected chi connectivity index (χ1v) is 12.9. The molecule has 2 amide bonds. The minimum atomic E-state index is -0.397. The molecule has 1 heterocycles. The number of aromatic nitrogens is 2. The Morgan fingerprint density at radius 2 is 1.78 bits per heavy atom. The average molecular weight is 525 g/mol. The zero-order valence-corrected chi connectivity index (χ0v) is 23.4. The van der Waals surface area contributed by atoms with E-state index in [0.29, 0.717) is 22.8 Å². The smallest absolute Gasteiger partial charge is 0.251 e. The predicted octanol–water partition coefficient (Wildman–Crippen LogP) is 5.30. The number of rotatable bonds is 9. The molecule has 1 aromatic heterocycles. The van der Waals surface area contributed by atoms with Crippen molar-refractivity contribution in [2.45, 2.75) is 65.0 Å². The fourth-order valence-corrected chi connectivity index (χ4v) is 4.38. The monoisotopic (exact) mass is 524 g/mol. The Bertz CT molecular complexity index is 1240. The summed E-state index contributed by atoms with van der Waals surface area (Å²) in [5.41, 5.74) is 3.28. The van der Waals surface area contributed by atoms with Gasteiger partial charge in [0.25, 0.3) is 5.91 Å². The number of halogens is 1. The van der Waals surface area contributed by atoms with Gasteiger partial charge in [-0.1, -0.05) is 56.6 Å². The number of hydrogen-bond acceptors (Lipinski definition) is 4. The standard InChI is InChI=1S/C29H37ClN4O3/c1-18(2)37-25-13-12-21(15-23(25)30)27(36)32-22(16-26(35)31-6)14-19-8-10-20(11-9-19)24-17-34(7)28(33-24)29(3,4)5/h8-13,15,17-18,22H,14,16H2,1-7H3,(H,31,35)(H,32,36)/t22-/m0/s1. The Kier molecular flexibility index (Phi) is 9.02. The van der Waals surface area contributed by atoms with Crippen LogP contribution in [0.15, 0.2) is 48.7 Å². The summed E-state index contributed by atoms with van der Waals surface area (Å²) in [6.45, 7) is 10.2. The molecule has 0 fully saturated rings. The molecule has 0 aliphatic heterocycles. The van der Waals surface area contributed by atoms with Crippen LogP contribution in [0.5, 0.6) is 5.75 Å². The zero-order valence-electron chi connectivity index (χ0n) is 22.7. The molecular weight excluding hydrogens is 488 g/mol. The maximum atomic E-state index is 13.0. The highest BCUT2D eigenvalue weighted by Gasteiger charge is 2.21. The number of nitrogens with zero attached hydrogens (tertiary/aromatic N) is 2. The molecule has 7 nitrogen and oxygen atoms in total. The number of carbonyl (C=O) groups excluding carboxylic acids is 2. The van der Waals surface area contributed by atoms with Gasteiger partial charge in [0.1, 0.15) is 11.6 Å². The lowest BCUT2D eigenvalue weighted by Crippen LogP contribution is -2.40. The summed E-state index contributed by atoms with van der Waals surface area (Å²) >= 11 is 6.32. The van der Waals surface area contributed by atoms with Crippen LogP contribution in [0.25, 0.3) is 11.3 Å². The second-order valence-corrected chi connectivity index (χ2v) is 11.0. The van der Waals surface area contributed by atoms with Crippen molar-refractivity contribution in [1.82, 2.24) is 20.2 Å². The van der Waals surface area contributed by atoms with E-state index < -0.39 is 6.04 Å². The van der Waals surface area contributed by atoms with E-state index >= 15 is 0 Å². The van der Waals surface area contributed by atoms with Crippen LogP contribution in [0.1, 0.15) is 62.8 Å². The Hall–Kier alpha value is -3.32. The van der Waals surface area contributed by atoms with Crippen molar-refractivity contribution < 1.29 is 14.3 Å². The van der Waals surface area contributed by atoms with Crippen LogP contribution in [-0.4, -0.2) is 40.6 Å². The minimum absolute atomic E-state index is 0.0290. The van der Waals surface area contributed by atoms with Crippen LogP contribution in [0.4, 0.5) is 0 Å². The summed E-state index contributed by atoms with van der Waals surface area (Å²) in [4.78, 5) is 30.0. The van der Waals surface area contributed by atoms with Crippen molar-refractivity contribution in [3.63, 3.8) is 0 Å². The Morgan fingerprint density at radius 3 is 2.32 bits per heavy atom. The van der Waals surface area contributed by atoms with Crippen LogP contribution >= 0.6 is 11.6 Å². The Balaban J connectivity index is 1.75. The van der Waals surface area contributed by atoms with Crippen LogP contribution in [0.3, 0.4) is 0 Å². The van der Waals surface area contributed by atoms with E-state index in [0.717, 1.165) is 22.6 Å². The van der Waals surface area contributed by atoms with E-state index in [1.807, 2.05) is 51.4 Å². The molecule has 2 aromatic carbocycles. The molecule has 198 valence electrons. The predicted molar refractivity (Wildman–Crippen MR) is 148 cm³/mol. The number of ether oxygens (including phenoxy) is 1. The van der Waals surface area contributed by atoms with E-state index in [2.05, 4.69) is 36.0 Å². The van der Waals surface area contributed by atoms with Gasteiger partial charge in [-0.2, -0.15) is 0 Å². The molecule has 0 radical (unpaired) electrons. The first-order valence-electron chi connectivity index (χ1n) is 12.5. The summed E-state index contributed by atoms with van der Waals surface area (Å²) in [5, 5.41) is 6.00. The molecule has 0 saturated carbocycles. The van der Waals surface area contributed by atoms with Gasteiger partial charge in [0.05, 0.1) is 16.8 Å². The van der Waals surface area contributed by atoms with Crippen LogP contribution in [0.2, 0.25) is 5.02 Å². The Morgan fingerprint density at radius 1 is 1.11 bits per heavy atom. The number of hydrogen-bond donors (Lipinski definition) is 2. The van der Waals surface area contributed by atoms with E-state index in [4.69, 9.17) is 21.3 Å². The lowest BCUT2D eigenvalue weighted by Gasteiger charge is -2.19. The normalized spacial score (nSPS) is 12.4. The SMILES string of the molecule is CNC(=O)C[C@H](Cc1ccc(-c2cn(C)c(C(C)(C)C)n2)cc1)NC(=O)c1ccc(OC(C)C)c(Cl)c1. The van der Waals surface area contributed by atoms with Crippen molar-refractivity contribution in [3.05, 3.63) is 70.6 Å². The number of amides is 2. The summed E-state index contributed by atoms with van der Waals surface area (Å²) in [6.07, 6.45) is 2.66. The van der Waals surface area contributed by atoms with E-state index in [9.17, 15) is 9.59 Å². The van der Waals surface area contributed by atoms with Gasteiger partial charge in [-0.3, -0.25) is 9.59 Å². The number of benzene rings is 2. The topological polar surface area (TPSA) is 85.3 Å². The van der Waals surface area contributed by atoms with E-state index in [-0.39, 0.29) is 29.8 Å².